The average Bonchev–Trinajstić information content (AvgIpc) is 3.06. The van der Waals surface area contributed by atoms with E-state index < -0.39 is 5.97 Å². The van der Waals surface area contributed by atoms with E-state index in [4.69, 9.17) is 5.11 Å². The lowest BCUT2D eigenvalue weighted by Gasteiger charge is -2.34. The highest BCUT2D eigenvalue weighted by molar-refractivity contribution is 5.86. The molecule has 0 spiro atoms. The first-order chi connectivity index (χ1) is 12.0. The number of nitrogens with zero attached hydrogens (tertiary/aromatic N) is 4. The van der Waals surface area contributed by atoms with E-state index in [1.165, 1.54) is 23.0 Å². The molecule has 8 heteroatoms. The second kappa shape index (κ2) is 7.43. The minimum Gasteiger partial charge on any atom is -0.477 e. The number of hydrogen-bond acceptors (Lipinski definition) is 4. The van der Waals surface area contributed by atoms with Gasteiger partial charge in [-0.15, -0.1) is 0 Å². The van der Waals surface area contributed by atoms with E-state index in [0.717, 1.165) is 0 Å². The van der Waals surface area contributed by atoms with Crippen molar-refractivity contribution in [3.63, 3.8) is 0 Å². The predicted octanol–water partition coefficient (Wildman–Crippen LogP) is 1.06. The molecule has 7 nitrogen and oxygen atoms in total. The highest BCUT2D eigenvalue weighted by atomic mass is 19.1. The third-order valence-corrected chi connectivity index (χ3v) is 4.30. The van der Waals surface area contributed by atoms with Gasteiger partial charge in [0, 0.05) is 44.5 Å². The Hall–Kier alpha value is -2.74. The molecular formula is C17H19FN4O3. The summed E-state index contributed by atoms with van der Waals surface area (Å²) < 4.78 is 14.9. The van der Waals surface area contributed by atoms with Crippen LogP contribution in [0, 0.1) is 5.82 Å². The number of halogens is 1. The van der Waals surface area contributed by atoms with E-state index >= 15 is 0 Å². The molecule has 1 aliphatic rings. The first-order valence-electron chi connectivity index (χ1n) is 8.03. The number of piperazine rings is 1. The summed E-state index contributed by atoms with van der Waals surface area (Å²) in [6.45, 7) is 2.75. The van der Waals surface area contributed by atoms with Crippen LogP contribution in [0.25, 0.3) is 0 Å². The van der Waals surface area contributed by atoms with Crippen molar-refractivity contribution in [2.75, 3.05) is 26.2 Å². The highest BCUT2D eigenvalue weighted by Crippen LogP contribution is 2.12. The summed E-state index contributed by atoms with van der Waals surface area (Å²) >= 11 is 0. The number of benzene rings is 1. The number of carbonyl (C=O) groups is 2. The van der Waals surface area contributed by atoms with Gasteiger partial charge < -0.3 is 10.0 Å². The van der Waals surface area contributed by atoms with Crippen LogP contribution in [0.3, 0.4) is 0 Å². The molecular weight excluding hydrogens is 327 g/mol. The molecule has 2 aromatic rings. The predicted molar refractivity (Wildman–Crippen MR) is 87.4 cm³/mol. The van der Waals surface area contributed by atoms with E-state index in [1.807, 2.05) is 6.07 Å². The molecule has 0 bridgehead atoms. The third-order valence-electron chi connectivity index (χ3n) is 4.30. The SMILES string of the molecule is O=C(O)c1ccnn1CC(=O)N1CCN(Cc2ccccc2F)CC1. The minimum absolute atomic E-state index is 0.00783. The Labute approximate surface area is 144 Å². The monoisotopic (exact) mass is 346 g/mol. The fourth-order valence-corrected chi connectivity index (χ4v) is 2.89. The summed E-state index contributed by atoms with van der Waals surface area (Å²) in [5, 5.41) is 12.9. The van der Waals surface area contributed by atoms with Crippen molar-refractivity contribution in [3.8, 4) is 0 Å². The number of carbonyl (C=O) groups excluding carboxylic acids is 1. The third kappa shape index (κ3) is 4.03. The highest BCUT2D eigenvalue weighted by Gasteiger charge is 2.23. The van der Waals surface area contributed by atoms with Gasteiger partial charge in [0.15, 0.2) is 0 Å². The fraction of sp³-hybridized carbons (Fsp3) is 0.353. The van der Waals surface area contributed by atoms with E-state index in [1.54, 1.807) is 17.0 Å². The van der Waals surface area contributed by atoms with E-state index in [-0.39, 0.29) is 24.0 Å². The van der Waals surface area contributed by atoms with Crippen LogP contribution < -0.4 is 0 Å². The number of aromatic carboxylic acids is 1. The molecule has 1 N–H and O–H groups in total. The summed E-state index contributed by atoms with van der Waals surface area (Å²) in [6, 6.07) is 8.04. The van der Waals surface area contributed by atoms with Crippen molar-refractivity contribution in [2.24, 2.45) is 0 Å². The number of aromatic nitrogens is 2. The maximum atomic E-state index is 13.7. The van der Waals surface area contributed by atoms with Gasteiger partial charge in [-0.3, -0.25) is 9.69 Å². The molecule has 1 aliphatic heterocycles. The summed E-state index contributed by atoms with van der Waals surface area (Å²) in [4.78, 5) is 27.2. The van der Waals surface area contributed by atoms with Crippen LogP contribution >= 0.6 is 0 Å². The van der Waals surface area contributed by atoms with Gasteiger partial charge in [-0.05, 0) is 12.1 Å². The first-order valence-corrected chi connectivity index (χ1v) is 8.03. The molecule has 1 fully saturated rings. The minimum atomic E-state index is -1.11. The fourth-order valence-electron chi connectivity index (χ4n) is 2.89. The van der Waals surface area contributed by atoms with Gasteiger partial charge in [0.1, 0.15) is 18.1 Å². The Balaban J connectivity index is 1.53. The van der Waals surface area contributed by atoms with E-state index in [0.29, 0.717) is 38.3 Å². The summed E-state index contributed by atoms with van der Waals surface area (Å²) in [6.07, 6.45) is 1.36. The lowest BCUT2D eigenvalue weighted by atomic mass is 10.2. The molecule has 0 radical (unpaired) electrons. The zero-order valence-electron chi connectivity index (χ0n) is 13.6. The second-order valence-corrected chi connectivity index (χ2v) is 5.93. The molecule has 0 saturated carbocycles. The Bertz CT molecular complexity index is 769. The number of amides is 1. The number of carboxylic acids is 1. The van der Waals surface area contributed by atoms with Crippen molar-refractivity contribution in [1.29, 1.82) is 0 Å². The Morgan fingerprint density at radius 2 is 1.84 bits per heavy atom. The molecule has 132 valence electrons. The molecule has 1 amide bonds. The number of carboxylic acid groups (broad SMARTS) is 1. The Morgan fingerprint density at radius 3 is 2.52 bits per heavy atom. The lowest BCUT2D eigenvalue weighted by Crippen LogP contribution is -2.49. The maximum Gasteiger partial charge on any atom is 0.354 e. The van der Waals surface area contributed by atoms with Crippen molar-refractivity contribution < 1.29 is 19.1 Å². The van der Waals surface area contributed by atoms with E-state index in [9.17, 15) is 14.0 Å². The van der Waals surface area contributed by atoms with Crippen molar-refractivity contribution in [3.05, 3.63) is 53.6 Å². The van der Waals surface area contributed by atoms with Crippen LogP contribution in [0.4, 0.5) is 4.39 Å². The van der Waals surface area contributed by atoms with Crippen LogP contribution in [-0.2, 0) is 17.9 Å². The molecule has 1 aromatic heterocycles. The zero-order chi connectivity index (χ0) is 17.8. The molecule has 2 heterocycles. The smallest absolute Gasteiger partial charge is 0.354 e. The number of hydrogen-bond donors (Lipinski definition) is 1. The largest absolute Gasteiger partial charge is 0.477 e. The van der Waals surface area contributed by atoms with Gasteiger partial charge >= 0.3 is 5.97 Å². The van der Waals surface area contributed by atoms with Gasteiger partial charge in [0.25, 0.3) is 0 Å². The van der Waals surface area contributed by atoms with Gasteiger partial charge in [0.05, 0.1) is 0 Å². The normalized spacial score (nSPS) is 15.3. The van der Waals surface area contributed by atoms with Crippen molar-refractivity contribution in [2.45, 2.75) is 13.1 Å². The van der Waals surface area contributed by atoms with E-state index in [2.05, 4.69) is 10.00 Å². The molecule has 1 saturated heterocycles. The van der Waals surface area contributed by atoms with Crippen LogP contribution in [-0.4, -0.2) is 62.7 Å². The van der Waals surface area contributed by atoms with Crippen molar-refractivity contribution >= 4 is 11.9 Å². The summed E-state index contributed by atoms with van der Waals surface area (Å²) in [7, 11) is 0. The molecule has 0 atom stereocenters. The zero-order valence-corrected chi connectivity index (χ0v) is 13.6. The molecule has 0 unspecified atom stereocenters. The summed E-state index contributed by atoms with van der Waals surface area (Å²) in [5.74, 6) is -1.50. The van der Waals surface area contributed by atoms with Gasteiger partial charge in [0.2, 0.25) is 5.91 Å². The van der Waals surface area contributed by atoms with Crippen LogP contribution in [0.5, 0.6) is 0 Å². The van der Waals surface area contributed by atoms with Gasteiger partial charge in [-0.2, -0.15) is 5.10 Å². The van der Waals surface area contributed by atoms with Gasteiger partial charge in [-0.1, -0.05) is 18.2 Å². The lowest BCUT2D eigenvalue weighted by molar-refractivity contribution is -0.133. The van der Waals surface area contributed by atoms with Crippen LogP contribution in [0.1, 0.15) is 16.1 Å². The second-order valence-electron chi connectivity index (χ2n) is 5.93. The van der Waals surface area contributed by atoms with Crippen LogP contribution in [0.2, 0.25) is 0 Å². The van der Waals surface area contributed by atoms with Crippen molar-refractivity contribution in [1.82, 2.24) is 19.6 Å². The quantitative estimate of drug-likeness (QED) is 0.876. The van der Waals surface area contributed by atoms with Gasteiger partial charge in [-0.25, -0.2) is 13.9 Å². The summed E-state index contributed by atoms with van der Waals surface area (Å²) in [5.41, 5.74) is 0.636. The molecule has 1 aromatic carbocycles. The number of rotatable bonds is 5. The Kier molecular flexibility index (Phi) is 5.08. The Morgan fingerprint density at radius 1 is 1.12 bits per heavy atom. The molecule has 3 rings (SSSR count). The first kappa shape index (κ1) is 17.1. The topological polar surface area (TPSA) is 78.7 Å². The average molecular weight is 346 g/mol. The maximum absolute atomic E-state index is 13.7. The molecule has 25 heavy (non-hydrogen) atoms. The standard InChI is InChI=1S/C17H19FN4O3/c18-14-4-2-1-3-13(14)11-20-7-9-21(10-8-20)16(23)12-22-15(17(24)25)5-6-19-22/h1-6H,7-12H2,(H,24,25). The molecule has 0 aliphatic carbocycles. The van der Waals surface area contributed by atoms with Crippen LogP contribution in [0.15, 0.2) is 36.5 Å².